The van der Waals surface area contributed by atoms with Gasteiger partial charge in [0.2, 0.25) is 0 Å². The summed E-state index contributed by atoms with van der Waals surface area (Å²) in [7, 11) is 1.80. The molecule has 1 aromatic heterocycles. The third-order valence-electron chi connectivity index (χ3n) is 2.60. The molecule has 2 rings (SSSR count). The van der Waals surface area contributed by atoms with Crippen LogP contribution in [-0.2, 0) is 13.6 Å². The van der Waals surface area contributed by atoms with E-state index < -0.39 is 0 Å². The second-order valence-electron chi connectivity index (χ2n) is 4.42. The summed E-state index contributed by atoms with van der Waals surface area (Å²) in [4.78, 5) is 0. The van der Waals surface area contributed by atoms with Crippen LogP contribution in [0.3, 0.4) is 0 Å². The predicted molar refractivity (Wildman–Crippen MR) is 71.7 cm³/mol. The minimum atomic E-state index is -0.297. The summed E-state index contributed by atoms with van der Waals surface area (Å²) in [5.41, 5.74) is 0.868. The van der Waals surface area contributed by atoms with Gasteiger partial charge in [0, 0.05) is 19.7 Å². The molecule has 0 aliphatic carbocycles. The van der Waals surface area contributed by atoms with Crippen LogP contribution in [0.15, 0.2) is 30.6 Å². The lowest BCUT2D eigenvalue weighted by Crippen LogP contribution is -2.13. The molecular weight excluding hydrogens is 245 g/mol. The van der Waals surface area contributed by atoms with E-state index in [1.165, 1.54) is 12.1 Å². The Labute approximate surface area is 112 Å². The van der Waals surface area contributed by atoms with E-state index in [0.717, 1.165) is 18.5 Å². The average Bonchev–Trinajstić information content (AvgIpc) is 2.74. The number of hydrogen-bond acceptors (Lipinski definition) is 3. The van der Waals surface area contributed by atoms with Crippen molar-refractivity contribution in [3.63, 3.8) is 0 Å². The van der Waals surface area contributed by atoms with Crippen molar-refractivity contribution >= 4 is 0 Å². The topological polar surface area (TPSA) is 39.1 Å². The SMILES string of the molecule is CCCNCc1cc(F)cc(Oc2cnn(C)c2)c1. The quantitative estimate of drug-likeness (QED) is 0.814. The van der Waals surface area contributed by atoms with Gasteiger partial charge in [0.1, 0.15) is 11.6 Å². The minimum absolute atomic E-state index is 0.297. The Morgan fingerprint density at radius 2 is 2.16 bits per heavy atom. The number of aromatic nitrogens is 2. The average molecular weight is 263 g/mol. The van der Waals surface area contributed by atoms with Gasteiger partial charge in [-0.15, -0.1) is 0 Å². The second kappa shape index (κ2) is 6.33. The highest BCUT2D eigenvalue weighted by atomic mass is 19.1. The molecule has 0 aliphatic rings. The molecule has 0 spiro atoms. The predicted octanol–water partition coefficient (Wildman–Crippen LogP) is 2.85. The molecule has 0 amide bonds. The zero-order chi connectivity index (χ0) is 13.7. The lowest BCUT2D eigenvalue weighted by molar-refractivity contribution is 0.474. The zero-order valence-corrected chi connectivity index (χ0v) is 11.2. The molecule has 4 nitrogen and oxygen atoms in total. The van der Waals surface area contributed by atoms with E-state index in [1.807, 2.05) is 6.07 Å². The Kier molecular flexibility index (Phi) is 4.52. The van der Waals surface area contributed by atoms with Crippen LogP contribution >= 0.6 is 0 Å². The fourth-order valence-electron chi connectivity index (χ4n) is 1.78. The Balaban J connectivity index is 2.07. The van der Waals surface area contributed by atoms with E-state index >= 15 is 0 Å². The molecule has 0 aliphatic heterocycles. The first kappa shape index (κ1) is 13.5. The summed E-state index contributed by atoms with van der Waals surface area (Å²) < 4.78 is 20.7. The van der Waals surface area contributed by atoms with Gasteiger partial charge in [-0.3, -0.25) is 4.68 Å². The van der Waals surface area contributed by atoms with Gasteiger partial charge < -0.3 is 10.1 Å². The summed E-state index contributed by atoms with van der Waals surface area (Å²) in [5.74, 6) is 0.788. The molecule has 0 saturated carbocycles. The number of ether oxygens (including phenoxy) is 1. The molecule has 5 heteroatoms. The fraction of sp³-hybridized carbons (Fsp3) is 0.357. The van der Waals surface area contributed by atoms with Crippen molar-refractivity contribution in [1.29, 1.82) is 0 Å². The maximum Gasteiger partial charge on any atom is 0.165 e. The van der Waals surface area contributed by atoms with E-state index in [0.29, 0.717) is 18.0 Å². The molecule has 0 radical (unpaired) electrons. The lowest BCUT2D eigenvalue weighted by atomic mass is 10.2. The molecule has 2 aromatic rings. The van der Waals surface area contributed by atoms with Crippen molar-refractivity contribution in [1.82, 2.24) is 15.1 Å². The van der Waals surface area contributed by atoms with Gasteiger partial charge in [0.15, 0.2) is 5.75 Å². The highest BCUT2D eigenvalue weighted by Crippen LogP contribution is 2.23. The van der Waals surface area contributed by atoms with Crippen molar-refractivity contribution in [3.05, 3.63) is 42.0 Å². The normalized spacial score (nSPS) is 10.7. The molecule has 0 atom stereocenters. The van der Waals surface area contributed by atoms with Crippen molar-refractivity contribution < 1.29 is 9.13 Å². The molecule has 102 valence electrons. The molecule has 1 heterocycles. The van der Waals surface area contributed by atoms with Gasteiger partial charge in [-0.05, 0) is 30.7 Å². The van der Waals surface area contributed by atoms with Gasteiger partial charge in [0.05, 0.1) is 12.4 Å². The van der Waals surface area contributed by atoms with Crippen LogP contribution in [0.2, 0.25) is 0 Å². The maximum absolute atomic E-state index is 13.5. The van der Waals surface area contributed by atoms with E-state index in [2.05, 4.69) is 17.3 Å². The standard InChI is InChI=1S/C14H18FN3O/c1-3-4-16-8-11-5-12(15)7-13(6-11)19-14-9-17-18(2)10-14/h5-7,9-10,16H,3-4,8H2,1-2H3. The zero-order valence-electron chi connectivity index (χ0n) is 11.2. The number of aryl methyl sites for hydroxylation is 1. The van der Waals surface area contributed by atoms with Crippen LogP contribution in [-0.4, -0.2) is 16.3 Å². The largest absolute Gasteiger partial charge is 0.454 e. The first-order chi connectivity index (χ1) is 9.17. The van der Waals surface area contributed by atoms with Gasteiger partial charge >= 0.3 is 0 Å². The van der Waals surface area contributed by atoms with Crippen molar-refractivity contribution in [2.45, 2.75) is 19.9 Å². The first-order valence-electron chi connectivity index (χ1n) is 6.34. The van der Waals surface area contributed by atoms with Crippen molar-refractivity contribution in [2.75, 3.05) is 6.54 Å². The van der Waals surface area contributed by atoms with Crippen LogP contribution < -0.4 is 10.1 Å². The maximum atomic E-state index is 13.5. The second-order valence-corrected chi connectivity index (χ2v) is 4.42. The number of hydrogen-bond donors (Lipinski definition) is 1. The summed E-state index contributed by atoms with van der Waals surface area (Å²) in [6.45, 7) is 3.64. The molecular formula is C14H18FN3O. The number of rotatable bonds is 6. The Hall–Kier alpha value is -1.88. The first-order valence-corrected chi connectivity index (χ1v) is 6.34. The van der Waals surface area contributed by atoms with E-state index in [-0.39, 0.29) is 5.82 Å². The molecule has 19 heavy (non-hydrogen) atoms. The molecule has 0 saturated heterocycles. The highest BCUT2D eigenvalue weighted by Gasteiger charge is 2.04. The monoisotopic (exact) mass is 263 g/mol. The Morgan fingerprint density at radius 1 is 1.32 bits per heavy atom. The fourth-order valence-corrected chi connectivity index (χ4v) is 1.78. The Bertz CT molecular complexity index is 539. The number of nitrogens with one attached hydrogen (secondary N) is 1. The lowest BCUT2D eigenvalue weighted by Gasteiger charge is -2.07. The van der Waals surface area contributed by atoms with Crippen LogP contribution in [0.5, 0.6) is 11.5 Å². The smallest absolute Gasteiger partial charge is 0.165 e. The summed E-state index contributed by atoms with van der Waals surface area (Å²) in [5, 5.41) is 7.24. The van der Waals surface area contributed by atoms with Crippen molar-refractivity contribution in [2.24, 2.45) is 7.05 Å². The Morgan fingerprint density at radius 3 is 2.84 bits per heavy atom. The highest BCUT2D eigenvalue weighted by molar-refractivity contribution is 5.33. The van der Waals surface area contributed by atoms with Gasteiger partial charge in [-0.1, -0.05) is 6.92 Å². The number of halogens is 1. The van der Waals surface area contributed by atoms with Gasteiger partial charge in [-0.2, -0.15) is 5.10 Å². The minimum Gasteiger partial charge on any atom is -0.454 e. The summed E-state index contributed by atoms with van der Waals surface area (Å²) in [6, 6.07) is 4.72. The van der Waals surface area contributed by atoms with Crippen molar-refractivity contribution in [3.8, 4) is 11.5 Å². The molecule has 0 fully saturated rings. The molecule has 1 N–H and O–H groups in total. The van der Waals surface area contributed by atoms with Gasteiger partial charge in [-0.25, -0.2) is 4.39 Å². The van der Waals surface area contributed by atoms with E-state index in [1.54, 1.807) is 24.1 Å². The molecule has 0 bridgehead atoms. The molecule has 1 aromatic carbocycles. The number of benzene rings is 1. The third kappa shape index (κ3) is 4.06. The van der Waals surface area contributed by atoms with Crippen LogP contribution in [0.4, 0.5) is 4.39 Å². The van der Waals surface area contributed by atoms with Crippen LogP contribution in [0.25, 0.3) is 0 Å². The van der Waals surface area contributed by atoms with E-state index in [9.17, 15) is 4.39 Å². The number of nitrogens with zero attached hydrogens (tertiary/aromatic N) is 2. The van der Waals surface area contributed by atoms with Gasteiger partial charge in [0.25, 0.3) is 0 Å². The summed E-state index contributed by atoms with van der Waals surface area (Å²) >= 11 is 0. The van der Waals surface area contributed by atoms with E-state index in [4.69, 9.17) is 4.74 Å². The third-order valence-corrected chi connectivity index (χ3v) is 2.60. The van der Waals surface area contributed by atoms with Crippen LogP contribution in [0.1, 0.15) is 18.9 Å². The van der Waals surface area contributed by atoms with Crippen LogP contribution in [0, 0.1) is 5.82 Å². The molecule has 0 unspecified atom stereocenters. The summed E-state index contributed by atoms with van der Waals surface area (Å²) in [6.07, 6.45) is 4.38.